The normalized spacial score (nSPS) is 26.1. The van der Waals surface area contributed by atoms with Crippen LogP contribution in [0.1, 0.15) is 12.8 Å². The molecule has 0 radical (unpaired) electrons. The second-order valence-electron chi connectivity index (χ2n) is 6.69. The van der Waals surface area contributed by atoms with Crippen molar-refractivity contribution < 1.29 is 18.0 Å². The number of anilines is 1. The molecule has 0 unspecified atom stereocenters. The van der Waals surface area contributed by atoms with Gasteiger partial charge >= 0.3 is 12.2 Å². The number of carbonyl (C=O) groups excluding carboxylic acids is 1. The molecule has 2 aromatic rings. The maximum atomic E-state index is 12.9. The molecular weight excluding hydrogens is 345 g/mol. The van der Waals surface area contributed by atoms with Crippen LogP contribution >= 0.6 is 0 Å². The maximum Gasteiger partial charge on any atom is 0.391 e. The Morgan fingerprint density at radius 3 is 2.62 bits per heavy atom. The largest absolute Gasteiger partial charge is 0.391 e. The molecule has 1 saturated carbocycles. The predicted molar refractivity (Wildman–Crippen MR) is 88.3 cm³/mol. The lowest BCUT2D eigenvalue weighted by Crippen LogP contribution is -2.50. The lowest BCUT2D eigenvalue weighted by molar-refractivity contribution is -0.204. The van der Waals surface area contributed by atoms with E-state index in [2.05, 4.69) is 11.1 Å². The molecular formula is C18H15F3N4O. The smallest absolute Gasteiger partial charge is 0.318 e. The van der Waals surface area contributed by atoms with Gasteiger partial charge in [0.05, 0.1) is 30.4 Å². The standard InChI is InChI=1S/C18H15F3N4O/c19-18(20,21)12-5-13(6-12)24-10-14(7-22)25(17(24)26)16-9-23-8-11-3-1-2-4-15(11)16/h1-4,8-9,12-14H,5-6,10H2/t12?,13?,14-/m0/s1. The Morgan fingerprint density at radius 1 is 1.19 bits per heavy atom. The van der Waals surface area contributed by atoms with Crippen LogP contribution in [0.4, 0.5) is 23.7 Å². The number of nitriles is 1. The van der Waals surface area contributed by atoms with Gasteiger partial charge in [0.15, 0.2) is 0 Å². The van der Waals surface area contributed by atoms with Crippen molar-refractivity contribution in [3.63, 3.8) is 0 Å². The van der Waals surface area contributed by atoms with Gasteiger partial charge in [0.1, 0.15) is 6.04 Å². The van der Waals surface area contributed by atoms with E-state index < -0.39 is 30.2 Å². The Balaban J connectivity index is 1.63. The van der Waals surface area contributed by atoms with Crippen molar-refractivity contribution in [2.24, 2.45) is 5.92 Å². The number of benzene rings is 1. The summed E-state index contributed by atoms with van der Waals surface area (Å²) in [6, 6.07) is 7.80. The first-order chi connectivity index (χ1) is 12.4. The number of fused-ring (bicyclic) bond motifs is 1. The molecule has 2 amide bonds. The summed E-state index contributed by atoms with van der Waals surface area (Å²) in [7, 11) is 0. The van der Waals surface area contributed by atoms with Crippen molar-refractivity contribution in [1.82, 2.24) is 9.88 Å². The summed E-state index contributed by atoms with van der Waals surface area (Å²) in [6.45, 7) is 0.105. The van der Waals surface area contributed by atoms with Gasteiger partial charge in [-0.25, -0.2) is 4.79 Å². The van der Waals surface area contributed by atoms with Gasteiger partial charge in [-0.05, 0) is 12.8 Å². The number of hydrogen-bond donors (Lipinski definition) is 0. The van der Waals surface area contributed by atoms with E-state index in [1.165, 1.54) is 16.0 Å². The minimum absolute atomic E-state index is 0.102. The molecule has 4 rings (SSSR count). The summed E-state index contributed by atoms with van der Waals surface area (Å²) in [5, 5.41) is 11.1. The van der Waals surface area contributed by atoms with E-state index in [0.29, 0.717) is 5.69 Å². The van der Waals surface area contributed by atoms with Crippen molar-refractivity contribution in [2.45, 2.75) is 31.1 Å². The van der Waals surface area contributed by atoms with Crippen molar-refractivity contribution in [1.29, 1.82) is 5.26 Å². The van der Waals surface area contributed by atoms with Gasteiger partial charge in [-0.15, -0.1) is 0 Å². The number of hydrogen-bond acceptors (Lipinski definition) is 3. The first-order valence-electron chi connectivity index (χ1n) is 8.29. The molecule has 0 spiro atoms. The number of amides is 2. The quantitative estimate of drug-likeness (QED) is 0.820. The zero-order chi connectivity index (χ0) is 18.5. The fourth-order valence-corrected chi connectivity index (χ4v) is 3.69. The van der Waals surface area contributed by atoms with Crippen LogP contribution in [0.2, 0.25) is 0 Å². The number of nitrogens with zero attached hydrogens (tertiary/aromatic N) is 4. The third kappa shape index (κ3) is 2.55. The van der Waals surface area contributed by atoms with Gasteiger partial charge in [-0.3, -0.25) is 9.88 Å². The van der Waals surface area contributed by atoms with E-state index in [4.69, 9.17) is 0 Å². The van der Waals surface area contributed by atoms with Crippen molar-refractivity contribution >= 4 is 22.5 Å². The van der Waals surface area contributed by atoms with E-state index in [-0.39, 0.29) is 19.4 Å². The Hall–Kier alpha value is -2.82. The van der Waals surface area contributed by atoms with E-state index in [1.54, 1.807) is 6.20 Å². The van der Waals surface area contributed by atoms with Crippen molar-refractivity contribution in [3.05, 3.63) is 36.7 Å². The zero-order valence-electron chi connectivity index (χ0n) is 13.6. The van der Waals surface area contributed by atoms with Crippen LogP contribution in [-0.4, -0.2) is 40.7 Å². The molecule has 1 aliphatic heterocycles. The number of alkyl halides is 3. The fraction of sp³-hybridized carbons (Fsp3) is 0.389. The van der Waals surface area contributed by atoms with Gasteiger partial charge in [0, 0.05) is 23.0 Å². The lowest BCUT2D eigenvalue weighted by Gasteiger charge is -2.41. The molecule has 1 atom stereocenters. The summed E-state index contributed by atoms with van der Waals surface area (Å²) in [4.78, 5) is 19.8. The number of carbonyl (C=O) groups is 1. The zero-order valence-corrected chi connectivity index (χ0v) is 13.6. The fourth-order valence-electron chi connectivity index (χ4n) is 3.69. The van der Waals surface area contributed by atoms with Crippen molar-refractivity contribution in [3.8, 4) is 6.07 Å². The highest BCUT2D eigenvalue weighted by Crippen LogP contribution is 2.45. The molecule has 2 heterocycles. The van der Waals surface area contributed by atoms with Gasteiger partial charge in [-0.1, -0.05) is 24.3 Å². The minimum atomic E-state index is -4.23. The Kier molecular flexibility index (Phi) is 3.75. The molecule has 8 heteroatoms. The van der Waals surface area contributed by atoms with Crippen LogP contribution in [0, 0.1) is 17.2 Å². The Labute approximate surface area is 147 Å². The lowest BCUT2D eigenvalue weighted by atomic mass is 9.79. The van der Waals surface area contributed by atoms with E-state index >= 15 is 0 Å². The van der Waals surface area contributed by atoms with Crippen LogP contribution in [0.5, 0.6) is 0 Å². The van der Waals surface area contributed by atoms with Crippen LogP contribution in [0.25, 0.3) is 10.8 Å². The summed E-state index contributed by atoms with van der Waals surface area (Å²) in [6.07, 6.45) is -1.25. The van der Waals surface area contributed by atoms with E-state index in [9.17, 15) is 23.2 Å². The highest BCUT2D eigenvalue weighted by atomic mass is 19.4. The molecule has 0 N–H and O–H groups in total. The average Bonchev–Trinajstić information content (AvgIpc) is 2.88. The molecule has 2 aliphatic rings. The van der Waals surface area contributed by atoms with Gasteiger partial charge in [0.2, 0.25) is 0 Å². The molecule has 0 bridgehead atoms. The average molecular weight is 360 g/mol. The van der Waals surface area contributed by atoms with E-state index in [0.717, 1.165) is 10.8 Å². The maximum absolute atomic E-state index is 12.9. The first-order valence-corrected chi connectivity index (χ1v) is 8.29. The molecule has 134 valence electrons. The van der Waals surface area contributed by atoms with Gasteiger partial charge < -0.3 is 4.90 Å². The van der Waals surface area contributed by atoms with Crippen LogP contribution in [0.3, 0.4) is 0 Å². The van der Waals surface area contributed by atoms with E-state index in [1.807, 2.05) is 24.3 Å². The topological polar surface area (TPSA) is 60.2 Å². The SMILES string of the molecule is N#C[C@H]1CN(C2CC(C(F)(F)F)C2)C(=O)N1c1cncc2ccccc12. The number of urea groups is 1. The van der Waals surface area contributed by atoms with Gasteiger partial charge in [-0.2, -0.15) is 18.4 Å². The molecule has 5 nitrogen and oxygen atoms in total. The number of halogens is 3. The first kappa shape index (κ1) is 16.6. The highest BCUT2D eigenvalue weighted by Gasteiger charge is 2.53. The van der Waals surface area contributed by atoms with Crippen LogP contribution in [0.15, 0.2) is 36.7 Å². The Bertz CT molecular complexity index is 896. The second-order valence-corrected chi connectivity index (χ2v) is 6.69. The summed E-state index contributed by atoms with van der Waals surface area (Å²) in [5.41, 5.74) is 0.508. The number of pyridine rings is 1. The molecule has 1 aromatic carbocycles. The highest BCUT2D eigenvalue weighted by molar-refractivity contribution is 6.04. The van der Waals surface area contributed by atoms with Crippen LogP contribution < -0.4 is 4.90 Å². The van der Waals surface area contributed by atoms with Crippen molar-refractivity contribution in [2.75, 3.05) is 11.4 Å². The number of rotatable bonds is 2. The molecule has 1 aromatic heterocycles. The Morgan fingerprint density at radius 2 is 1.92 bits per heavy atom. The molecule has 1 aliphatic carbocycles. The van der Waals surface area contributed by atoms with Gasteiger partial charge in [0.25, 0.3) is 0 Å². The summed E-state index contributed by atoms with van der Waals surface area (Å²) in [5.74, 6) is -1.37. The summed E-state index contributed by atoms with van der Waals surface area (Å²) >= 11 is 0. The minimum Gasteiger partial charge on any atom is -0.318 e. The predicted octanol–water partition coefficient (Wildman–Crippen LogP) is 3.71. The summed E-state index contributed by atoms with van der Waals surface area (Å²) < 4.78 is 38.2. The van der Waals surface area contributed by atoms with Crippen LogP contribution in [-0.2, 0) is 0 Å². The molecule has 26 heavy (non-hydrogen) atoms. The molecule has 2 fully saturated rings. The third-order valence-electron chi connectivity index (χ3n) is 5.21. The molecule has 1 saturated heterocycles. The second kappa shape index (κ2) is 5.87. The monoisotopic (exact) mass is 360 g/mol. The number of aromatic nitrogens is 1. The third-order valence-corrected chi connectivity index (χ3v) is 5.21.